The molecule has 7 heteroatoms. The topological polar surface area (TPSA) is 75.4 Å². The van der Waals surface area contributed by atoms with E-state index in [4.69, 9.17) is 5.21 Å². The Morgan fingerprint density at radius 3 is 2.68 bits per heavy atom. The molecule has 0 spiro atoms. The Kier molecular flexibility index (Phi) is 5.27. The van der Waals surface area contributed by atoms with E-state index >= 15 is 0 Å². The van der Waals surface area contributed by atoms with Crippen LogP contribution in [0, 0.1) is 11.5 Å². The number of oxime groups is 1. The van der Waals surface area contributed by atoms with Gasteiger partial charge in [0.1, 0.15) is 13.8 Å². The molecule has 1 heterocycles. The minimum Gasteiger partial charge on any atom is -0.410 e. The lowest BCUT2D eigenvalue weighted by molar-refractivity contribution is -0.108. The summed E-state index contributed by atoms with van der Waals surface area (Å²) in [6, 6.07) is 1.52. The van der Waals surface area contributed by atoms with E-state index in [1.54, 1.807) is 0 Å². The van der Waals surface area contributed by atoms with E-state index in [0.29, 0.717) is 5.16 Å². The van der Waals surface area contributed by atoms with Gasteiger partial charge in [-0.05, 0) is 18.2 Å². The highest BCUT2D eigenvalue weighted by Crippen LogP contribution is 2.08. The Morgan fingerprint density at radius 1 is 1.47 bits per heavy atom. The molecule has 0 bridgehead atoms. The molecule has 0 unspecified atom stereocenters. The van der Waals surface area contributed by atoms with E-state index < -0.39 is 13.9 Å². The number of aromatic nitrogens is 2. The van der Waals surface area contributed by atoms with Crippen molar-refractivity contribution in [2.24, 2.45) is 5.16 Å². The highest BCUT2D eigenvalue weighted by Gasteiger charge is 2.16. The van der Waals surface area contributed by atoms with Crippen LogP contribution < -0.4 is 0 Å². The average molecular weight is 293 g/mol. The quantitative estimate of drug-likeness (QED) is 0.175. The van der Waals surface area contributed by atoms with Gasteiger partial charge in [0.15, 0.2) is 10.9 Å². The summed E-state index contributed by atoms with van der Waals surface area (Å²) in [5.41, 5.74) is 3.06. The maximum absolute atomic E-state index is 11.9. The zero-order valence-electron chi connectivity index (χ0n) is 11.3. The summed E-state index contributed by atoms with van der Waals surface area (Å²) in [4.78, 5) is 20.0. The molecule has 5 nitrogen and oxygen atoms in total. The zero-order valence-corrected chi connectivity index (χ0v) is 13.1. The van der Waals surface area contributed by atoms with Crippen molar-refractivity contribution in [3.63, 3.8) is 0 Å². The first-order valence-corrected chi connectivity index (χ1v) is 10.3. The molecule has 1 N–H and O–H groups in total. The summed E-state index contributed by atoms with van der Waals surface area (Å²) in [5, 5.41) is 12.5. The predicted octanol–water partition coefficient (Wildman–Crippen LogP) is 1.83. The first-order valence-electron chi connectivity index (χ1n) is 5.54. The number of hydrogen-bond acceptors (Lipinski definition) is 6. The van der Waals surface area contributed by atoms with Crippen LogP contribution in [0.3, 0.4) is 0 Å². The van der Waals surface area contributed by atoms with Gasteiger partial charge in [0.2, 0.25) is 0 Å². The first kappa shape index (κ1) is 15.4. The monoisotopic (exact) mass is 293 g/mol. The third kappa shape index (κ3) is 4.85. The average Bonchev–Trinajstić information content (AvgIpc) is 2.37. The molecule has 0 amide bonds. The number of ketones is 1. The largest absolute Gasteiger partial charge is 0.410 e. The maximum Gasteiger partial charge on any atom is 0.259 e. The lowest BCUT2D eigenvalue weighted by Crippen LogP contribution is -2.20. The molecule has 0 aromatic carbocycles. The van der Waals surface area contributed by atoms with E-state index in [0.717, 1.165) is 0 Å². The van der Waals surface area contributed by atoms with E-state index in [9.17, 15) is 4.79 Å². The summed E-state index contributed by atoms with van der Waals surface area (Å²) in [5.74, 6) is 1.99. The summed E-state index contributed by atoms with van der Waals surface area (Å²) < 4.78 is 0. The Balaban J connectivity index is 3.07. The van der Waals surface area contributed by atoms with Gasteiger partial charge in [-0.3, -0.25) is 4.79 Å². The van der Waals surface area contributed by atoms with Crippen LogP contribution in [-0.2, 0) is 4.79 Å². The van der Waals surface area contributed by atoms with Gasteiger partial charge in [-0.1, -0.05) is 36.6 Å². The predicted molar refractivity (Wildman–Crippen MR) is 78.3 cm³/mol. The SMILES string of the molecule is CSc1nccc(/C(=N\O)C(=O)C#C[Si](C)(C)C)n1. The number of rotatable bonds is 3. The number of carbonyl (C=O) groups excluding carboxylic acids is 1. The maximum atomic E-state index is 11.9. The Morgan fingerprint density at radius 2 is 2.16 bits per heavy atom. The van der Waals surface area contributed by atoms with Gasteiger partial charge < -0.3 is 5.21 Å². The molecule has 0 aliphatic carbocycles. The minimum absolute atomic E-state index is 0.150. The second-order valence-electron chi connectivity index (χ2n) is 4.71. The fourth-order valence-corrected chi connectivity index (χ4v) is 1.93. The molecule has 0 saturated carbocycles. The van der Waals surface area contributed by atoms with Gasteiger partial charge in [-0.15, -0.1) is 5.54 Å². The molecule has 1 aromatic heterocycles. The van der Waals surface area contributed by atoms with Crippen LogP contribution in [0.15, 0.2) is 22.6 Å². The lowest BCUT2D eigenvalue weighted by atomic mass is 10.2. The molecule has 0 aliphatic rings. The third-order valence-corrected chi connectivity index (χ3v) is 3.36. The molecular weight excluding hydrogens is 278 g/mol. The van der Waals surface area contributed by atoms with Gasteiger partial charge in [0, 0.05) is 6.20 Å². The highest BCUT2D eigenvalue weighted by atomic mass is 32.2. The van der Waals surface area contributed by atoms with Crippen molar-refractivity contribution in [2.45, 2.75) is 24.8 Å². The van der Waals surface area contributed by atoms with Gasteiger partial charge in [-0.2, -0.15) is 0 Å². The first-order chi connectivity index (χ1) is 8.87. The highest BCUT2D eigenvalue weighted by molar-refractivity contribution is 7.98. The van der Waals surface area contributed by atoms with Crippen molar-refractivity contribution in [2.75, 3.05) is 6.26 Å². The molecule has 0 radical (unpaired) electrons. The lowest BCUT2D eigenvalue weighted by Gasteiger charge is -2.03. The van der Waals surface area contributed by atoms with Gasteiger partial charge in [-0.25, -0.2) is 9.97 Å². The Labute approximate surface area is 117 Å². The second-order valence-corrected chi connectivity index (χ2v) is 10.2. The molecule has 19 heavy (non-hydrogen) atoms. The molecule has 100 valence electrons. The van der Waals surface area contributed by atoms with Crippen molar-refractivity contribution < 1.29 is 10.0 Å². The van der Waals surface area contributed by atoms with E-state index in [1.807, 2.05) is 25.9 Å². The summed E-state index contributed by atoms with van der Waals surface area (Å²) in [6.07, 6.45) is 3.33. The second kappa shape index (κ2) is 6.50. The van der Waals surface area contributed by atoms with Crippen molar-refractivity contribution in [3.05, 3.63) is 18.0 Å². The zero-order chi connectivity index (χ0) is 14.5. The number of hydrogen-bond donors (Lipinski definition) is 1. The normalized spacial score (nSPS) is 11.7. The van der Waals surface area contributed by atoms with E-state index in [1.165, 1.54) is 24.0 Å². The van der Waals surface area contributed by atoms with Crippen LogP contribution in [0.1, 0.15) is 5.69 Å². The molecule has 0 saturated heterocycles. The van der Waals surface area contributed by atoms with Crippen molar-refractivity contribution >= 4 is 31.3 Å². The Hall–Kier alpha value is -1.65. The number of nitrogens with zero attached hydrogens (tertiary/aromatic N) is 3. The minimum atomic E-state index is -1.65. The van der Waals surface area contributed by atoms with Crippen LogP contribution in [-0.4, -0.2) is 41.0 Å². The molecule has 0 fully saturated rings. The Bertz CT molecular complexity index is 570. The van der Waals surface area contributed by atoms with E-state index in [2.05, 4.69) is 26.6 Å². The smallest absolute Gasteiger partial charge is 0.259 e. The van der Waals surface area contributed by atoms with Gasteiger partial charge in [0.05, 0.1) is 0 Å². The van der Waals surface area contributed by atoms with Crippen molar-refractivity contribution in [1.29, 1.82) is 0 Å². The van der Waals surface area contributed by atoms with Crippen LogP contribution in [0.5, 0.6) is 0 Å². The number of Topliss-reactive ketones (excluding diaryl/α,β-unsaturated/α-hetero) is 1. The van der Waals surface area contributed by atoms with Crippen LogP contribution in [0.4, 0.5) is 0 Å². The molecule has 0 aliphatic heterocycles. The fourth-order valence-electron chi connectivity index (χ4n) is 1.09. The standard InChI is InChI=1S/C12H15N3O2SSi/c1-18-12-13-7-5-9(14-12)11(15-17)10(16)6-8-19(2,3)4/h5,7,17H,1-4H3/b15-11+. The summed E-state index contributed by atoms with van der Waals surface area (Å²) in [6.45, 7) is 6.08. The van der Waals surface area contributed by atoms with Crippen LogP contribution >= 0.6 is 11.8 Å². The molecule has 0 atom stereocenters. The van der Waals surface area contributed by atoms with Crippen molar-refractivity contribution in [3.8, 4) is 11.5 Å². The molecule has 1 aromatic rings. The molecule has 1 rings (SSSR count). The van der Waals surface area contributed by atoms with E-state index in [-0.39, 0.29) is 11.4 Å². The molecular formula is C12H15N3O2SSi. The number of thioether (sulfide) groups is 1. The fraction of sp³-hybridized carbons (Fsp3) is 0.333. The van der Waals surface area contributed by atoms with Crippen LogP contribution in [0.2, 0.25) is 19.6 Å². The van der Waals surface area contributed by atoms with Gasteiger partial charge >= 0.3 is 0 Å². The third-order valence-electron chi connectivity index (χ3n) is 1.92. The number of carbonyl (C=O) groups is 1. The van der Waals surface area contributed by atoms with Gasteiger partial charge in [0.25, 0.3) is 5.78 Å². The summed E-state index contributed by atoms with van der Waals surface area (Å²) in [7, 11) is -1.65. The van der Waals surface area contributed by atoms with Crippen LogP contribution in [0.25, 0.3) is 0 Å². The summed E-state index contributed by atoms with van der Waals surface area (Å²) >= 11 is 1.34. The van der Waals surface area contributed by atoms with Crippen molar-refractivity contribution in [1.82, 2.24) is 9.97 Å².